The Bertz CT molecular complexity index is 731. The van der Waals surface area contributed by atoms with Crippen molar-refractivity contribution < 1.29 is 9.59 Å². The van der Waals surface area contributed by atoms with Gasteiger partial charge < -0.3 is 16.4 Å². The molecule has 26 heavy (non-hydrogen) atoms. The first-order valence-corrected chi connectivity index (χ1v) is 8.96. The van der Waals surface area contributed by atoms with Crippen LogP contribution < -0.4 is 16.4 Å². The van der Waals surface area contributed by atoms with Gasteiger partial charge in [0.1, 0.15) is 0 Å². The number of rotatable bonds is 8. The highest BCUT2D eigenvalue weighted by molar-refractivity contribution is 5.92. The van der Waals surface area contributed by atoms with Crippen LogP contribution in [0.2, 0.25) is 0 Å². The van der Waals surface area contributed by atoms with Crippen LogP contribution >= 0.6 is 0 Å². The number of amides is 2. The second kappa shape index (κ2) is 9.73. The zero-order chi connectivity index (χ0) is 18.9. The van der Waals surface area contributed by atoms with Crippen LogP contribution in [0, 0.1) is 5.92 Å². The summed E-state index contributed by atoms with van der Waals surface area (Å²) in [5, 5.41) is 5.79. The molecule has 2 rings (SSSR count). The maximum atomic E-state index is 12.1. The van der Waals surface area contributed by atoms with Gasteiger partial charge in [0.25, 0.3) is 0 Å². The molecule has 0 aromatic heterocycles. The Kier molecular flexibility index (Phi) is 7.36. The molecule has 0 bridgehead atoms. The average molecular weight is 353 g/mol. The van der Waals surface area contributed by atoms with Gasteiger partial charge in [0.2, 0.25) is 11.8 Å². The summed E-state index contributed by atoms with van der Waals surface area (Å²) in [6, 6.07) is 16.7. The first kappa shape index (κ1) is 19.7. The van der Waals surface area contributed by atoms with E-state index in [4.69, 9.17) is 5.73 Å². The highest BCUT2D eigenvalue weighted by Crippen LogP contribution is 2.15. The van der Waals surface area contributed by atoms with E-state index in [0.29, 0.717) is 6.54 Å². The molecule has 0 heterocycles. The minimum Gasteiger partial charge on any atom is -0.352 e. The molecule has 0 fully saturated rings. The fraction of sp³-hybridized carbons (Fsp3) is 0.333. The minimum absolute atomic E-state index is 0.00233. The van der Waals surface area contributed by atoms with E-state index in [0.717, 1.165) is 23.2 Å². The van der Waals surface area contributed by atoms with Crippen LogP contribution in [-0.4, -0.2) is 11.8 Å². The van der Waals surface area contributed by atoms with Gasteiger partial charge in [-0.2, -0.15) is 0 Å². The predicted octanol–water partition coefficient (Wildman–Crippen LogP) is 3.38. The maximum Gasteiger partial charge on any atom is 0.227 e. The molecule has 2 atom stereocenters. The largest absolute Gasteiger partial charge is 0.352 e. The molecule has 0 aliphatic carbocycles. The summed E-state index contributed by atoms with van der Waals surface area (Å²) in [6.45, 7) is 4.28. The molecule has 2 aromatic rings. The second-order valence-electron chi connectivity index (χ2n) is 6.50. The van der Waals surface area contributed by atoms with Gasteiger partial charge in [0.05, 0.1) is 0 Å². The van der Waals surface area contributed by atoms with E-state index in [2.05, 4.69) is 10.6 Å². The summed E-state index contributed by atoms with van der Waals surface area (Å²) >= 11 is 0. The third kappa shape index (κ3) is 6.01. The van der Waals surface area contributed by atoms with E-state index < -0.39 is 0 Å². The van der Waals surface area contributed by atoms with Gasteiger partial charge in [-0.05, 0) is 29.7 Å². The number of nitrogens with two attached hydrogens (primary N) is 1. The smallest absolute Gasteiger partial charge is 0.227 e. The van der Waals surface area contributed by atoms with Gasteiger partial charge in [-0.1, -0.05) is 56.3 Å². The van der Waals surface area contributed by atoms with Crippen molar-refractivity contribution in [3.63, 3.8) is 0 Å². The molecule has 2 unspecified atom stereocenters. The van der Waals surface area contributed by atoms with E-state index in [9.17, 15) is 9.59 Å². The summed E-state index contributed by atoms with van der Waals surface area (Å²) < 4.78 is 0. The van der Waals surface area contributed by atoms with E-state index in [1.54, 1.807) is 0 Å². The van der Waals surface area contributed by atoms with Crippen LogP contribution in [0.3, 0.4) is 0 Å². The topological polar surface area (TPSA) is 84.2 Å². The SMILES string of the molecule is CCC(C)C(=O)Nc1cccc(CNC(=O)CC(N)c2ccccc2)c1. The van der Waals surface area contributed by atoms with Crippen molar-refractivity contribution in [1.82, 2.24) is 5.32 Å². The van der Waals surface area contributed by atoms with E-state index in [1.165, 1.54) is 0 Å². The number of carbonyl (C=O) groups is 2. The number of nitrogens with one attached hydrogen (secondary N) is 2. The summed E-state index contributed by atoms with van der Waals surface area (Å²) in [5.74, 6) is -0.129. The molecule has 138 valence electrons. The normalized spacial score (nSPS) is 12.9. The Morgan fingerprint density at radius 3 is 2.50 bits per heavy atom. The van der Waals surface area contributed by atoms with E-state index >= 15 is 0 Å². The van der Waals surface area contributed by atoms with Crippen LogP contribution in [-0.2, 0) is 16.1 Å². The number of hydrogen-bond donors (Lipinski definition) is 3. The van der Waals surface area contributed by atoms with E-state index in [-0.39, 0.29) is 30.2 Å². The van der Waals surface area contributed by atoms with Crippen LogP contribution in [0.1, 0.15) is 43.9 Å². The van der Waals surface area contributed by atoms with Crippen molar-refractivity contribution >= 4 is 17.5 Å². The highest BCUT2D eigenvalue weighted by atomic mass is 16.2. The third-order valence-corrected chi connectivity index (χ3v) is 4.38. The lowest BCUT2D eigenvalue weighted by atomic mass is 10.0. The standard InChI is InChI=1S/C21H27N3O2/c1-3-15(2)21(26)24-18-11-7-8-16(12-18)14-23-20(25)13-19(22)17-9-5-4-6-10-17/h4-12,15,19H,3,13-14,22H2,1-2H3,(H,23,25)(H,24,26). The zero-order valence-electron chi connectivity index (χ0n) is 15.4. The fourth-order valence-electron chi connectivity index (χ4n) is 2.50. The number of hydrogen-bond acceptors (Lipinski definition) is 3. The molecule has 0 aliphatic heterocycles. The second-order valence-corrected chi connectivity index (χ2v) is 6.50. The Hall–Kier alpha value is -2.66. The first-order valence-electron chi connectivity index (χ1n) is 8.96. The van der Waals surface area contributed by atoms with Crippen molar-refractivity contribution in [2.24, 2.45) is 11.7 Å². The molecular weight excluding hydrogens is 326 g/mol. The predicted molar refractivity (Wildman–Crippen MR) is 104 cm³/mol. The molecule has 5 heteroatoms. The molecule has 2 aromatic carbocycles. The van der Waals surface area contributed by atoms with Crippen molar-refractivity contribution in [3.05, 3.63) is 65.7 Å². The molecule has 2 amide bonds. The zero-order valence-corrected chi connectivity index (χ0v) is 15.4. The minimum atomic E-state index is -0.322. The summed E-state index contributed by atoms with van der Waals surface area (Å²) in [6.07, 6.45) is 1.03. The number of anilines is 1. The molecule has 0 saturated carbocycles. The molecule has 0 saturated heterocycles. The van der Waals surface area contributed by atoms with E-state index in [1.807, 2.05) is 68.4 Å². The Labute approximate surface area is 155 Å². The van der Waals surface area contributed by atoms with Gasteiger partial charge in [-0.25, -0.2) is 0 Å². The van der Waals surface area contributed by atoms with Gasteiger partial charge in [0.15, 0.2) is 0 Å². The molecular formula is C21H27N3O2. The third-order valence-electron chi connectivity index (χ3n) is 4.38. The molecule has 0 aliphatic rings. The monoisotopic (exact) mass is 353 g/mol. The van der Waals surface area contributed by atoms with Gasteiger partial charge in [0, 0.05) is 30.6 Å². The summed E-state index contributed by atoms with van der Waals surface area (Å²) in [4.78, 5) is 24.1. The van der Waals surface area contributed by atoms with Crippen LogP contribution in [0.25, 0.3) is 0 Å². The van der Waals surface area contributed by atoms with Gasteiger partial charge in [-0.3, -0.25) is 9.59 Å². The van der Waals surface area contributed by atoms with Crippen molar-refractivity contribution in [2.75, 3.05) is 5.32 Å². The quantitative estimate of drug-likeness (QED) is 0.680. The van der Waals surface area contributed by atoms with Crippen LogP contribution in [0.15, 0.2) is 54.6 Å². The van der Waals surface area contributed by atoms with Crippen molar-refractivity contribution in [3.8, 4) is 0 Å². The lowest BCUT2D eigenvalue weighted by Gasteiger charge is -2.13. The summed E-state index contributed by atoms with van der Waals surface area (Å²) in [7, 11) is 0. The highest BCUT2D eigenvalue weighted by Gasteiger charge is 2.12. The summed E-state index contributed by atoms with van der Waals surface area (Å²) in [5.41, 5.74) is 8.68. The molecule has 0 radical (unpaired) electrons. The Morgan fingerprint density at radius 2 is 1.81 bits per heavy atom. The Morgan fingerprint density at radius 1 is 1.08 bits per heavy atom. The number of benzene rings is 2. The lowest BCUT2D eigenvalue weighted by Crippen LogP contribution is -2.27. The maximum absolute atomic E-state index is 12.1. The molecule has 4 N–H and O–H groups in total. The molecule has 0 spiro atoms. The van der Waals surface area contributed by atoms with Crippen LogP contribution in [0.5, 0.6) is 0 Å². The molecule has 5 nitrogen and oxygen atoms in total. The van der Waals surface area contributed by atoms with Gasteiger partial charge >= 0.3 is 0 Å². The van der Waals surface area contributed by atoms with Crippen LogP contribution in [0.4, 0.5) is 5.69 Å². The Balaban J connectivity index is 1.86. The van der Waals surface area contributed by atoms with Crippen molar-refractivity contribution in [2.45, 2.75) is 39.3 Å². The first-order chi connectivity index (χ1) is 12.5. The lowest BCUT2D eigenvalue weighted by molar-refractivity contribution is -0.121. The fourth-order valence-corrected chi connectivity index (χ4v) is 2.50. The van der Waals surface area contributed by atoms with Gasteiger partial charge in [-0.15, -0.1) is 0 Å². The average Bonchev–Trinajstić information content (AvgIpc) is 2.66. The van der Waals surface area contributed by atoms with Crippen molar-refractivity contribution in [1.29, 1.82) is 0 Å². The number of carbonyl (C=O) groups excluding carboxylic acids is 2.